The molecule has 2 amide bonds. The molecule has 0 aliphatic heterocycles. The lowest BCUT2D eigenvalue weighted by molar-refractivity contribution is -0.154. The highest BCUT2D eigenvalue weighted by molar-refractivity contribution is 5.98. The van der Waals surface area contributed by atoms with E-state index in [2.05, 4.69) is 23.6 Å². The average molecular weight is 611 g/mol. The number of hydrogen-bond donors (Lipinski definition) is 2. The number of methoxy groups -OCH3 is 2. The van der Waals surface area contributed by atoms with Gasteiger partial charge < -0.3 is 24.8 Å². The maximum atomic E-state index is 15.2. The van der Waals surface area contributed by atoms with Crippen molar-refractivity contribution in [2.45, 2.75) is 96.6 Å². The molecule has 2 N–H and O–H groups in total. The minimum Gasteiger partial charge on any atom is -0.496 e. The third kappa shape index (κ3) is 6.08. The Morgan fingerprint density at radius 3 is 2.36 bits per heavy atom. The molecule has 5 aliphatic carbocycles. The molecule has 2 bridgehead atoms. The zero-order valence-electron chi connectivity index (χ0n) is 26.5. The normalized spacial score (nSPS) is 32.9. The summed E-state index contributed by atoms with van der Waals surface area (Å²) in [4.78, 5) is 39.8. The minimum absolute atomic E-state index is 0.0204. The minimum atomic E-state index is -0.615. The van der Waals surface area contributed by atoms with E-state index in [4.69, 9.17) is 14.2 Å². The Labute approximate surface area is 259 Å². The van der Waals surface area contributed by atoms with E-state index >= 15 is 4.39 Å². The predicted molar refractivity (Wildman–Crippen MR) is 163 cm³/mol. The molecular formula is C35H47FN2O6. The molecule has 8 nitrogen and oxygen atoms in total. The summed E-state index contributed by atoms with van der Waals surface area (Å²) in [6.45, 7) is 4.77. The first-order chi connectivity index (χ1) is 21.0. The Kier molecular flexibility index (Phi) is 8.44. The Bertz CT molecular complexity index is 1330. The highest BCUT2D eigenvalue weighted by atomic mass is 19.1. The SMILES string of the molecule is COC(=O)C1(C)CCC(Oc2cc(C(=O)N[C@H]3[C@@H](C(=O)NCC4(C)CCC4)[C@@H]4C/C(=C\C5CC5)[C@H]3C4)c(OC)cc2F)CC1. The van der Waals surface area contributed by atoms with Crippen LogP contribution in [0.4, 0.5) is 4.39 Å². The van der Waals surface area contributed by atoms with E-state index in [1.807, 2.05) is 6.92 Å². The largest absolute Gasteiger partial charge is 0.496 e. The van der Waals surface area contributed by atoms with E-state index in [0.717, 1.165) is 25.7 Å². The van der Waals surface area contributed by atoms with E-state index in [9.17, 15) is 14.4 Å². The number of esters is 1. The molecular weight excluding hydrogens is 563 g/mol. The maximum absolute atomic E-state index is 15.2. The van der Waals surface area contributed by atoms with Gasteiger partial charge in [0.1, 0.15) is 5.75 Å². The van der Waals surface area contributed by atoms with Crippen LogP contribution in [0.1, 0.15) is 94.8 Å². The molecule has 0 unspecified atom stereocenters. The number of carbonyl (C=O) groups is 3. The van der Waals surface area contributed by atoms with Crippen molar-refractivity contribution in [3.05, 3.63) is 35.2 Å². The Balaban J connectivity index is 1.19. The van der Waals surface area contributed by atoms with Gasteiger partial charge in [0, 0.05) is 24.6 Å². The van der Waals surface area contributed by atoms with Crippen LogP contribution in [0.15, 0.2) is 23.8 Å². The number of rotatable bonds is 10. The van der Waals surface area contributed by atoms with Gasteiger partial charge in [-0.15, -0.1) is 0 Å². The van der Waals surface area contributed by atoms with Gasteiger partial charge in [0.25, 0.3) is 5.91 Å². The van der Waals surface area contributed by atoms with Crippen molar-refractivity contribution < 1.29 is 33.0 Å². The summed E-state index contributed by atoms with van der Waals surface area (Å²) < 4.78 is 31.7. The summed E-state index contributed by atoms with van der Waals surface area (Å²) in [5.74, 6) is -0.521. The summed E-state index contributed by atoms with van der Waals surface area (Å²) in [5.41, 5.74) is 1.13. The van der Waals surface area contributed by atoms with Gasteiger partial charge in [-0.05, 0) is 94.4 Å². The van der Waals surface area contributed by atoms with Gasteiger partial charge in [0.05, 0.1) is 37.2 Å². The van der Waals surface area contributed by atoms with Crippen LogP contribution < -0.4 is 20.1 Å². The number of carbonyl (C=O) groups excluding carboxylic acids is 3. The van der Waals surface area contributed by atoms with E-state index in [1.54, 1.807) is 0 Å². The summed E-state index contributed by atoms with van der Waals surface area (Å²) in [5, 5.41) is 6.44. The first-order valence-electron chi connectivity index (χ1n) is 16.4. The quantitative estimate of drug-likeness (QED) is 0.259. The van der Waals surface area contributed by atoms with Gasteiger partial charge in [-0.25, -0.2) is 4.39 Å². The third-order valence-corrected chi connectivity index (χ3v) is 11.3. The first kappa shape index (κ1) is 30.9. The van der Waals surface area contributed by atoms with Crippen molar-refractivity contribution in [1.29, 1.82) is 0 Å². The number of hydrogen-bond acceptors (Lipinski definition) is 6. The summed E-state index contributed by atoms with van der Waals surface area (Å²) in [6, 6.07) is 2.26. The highest BCUT2D eigenvalue weighted by Crippen LogP contribution is 2.53. The molecule has 44 heavy (non-hydrogen) atoms. The second-order valence-electron chi connectivity index (χ2n) is 14.6. The zero-order valence-corrected chi connectivity index (χ0v) is 26.5. The van der Waals surface area contributed by atoms with Gasteiger partial charge in [0.15, 0.2) is 11.6 Å². The highest BCUT2D eigenvalue weighted by Gasteiger charge is 2.54. The van der Waals surface area contributed by atoms with E-state index in [-0.39, 0.29) is 64.3 Å². The Morgan fingerprint density at radius 1 is 1.02 bits per heavy atom. The number of nitrogens with one attached hydrogen (secondary N) is 2. The standard InChI is InChI=1S/C35H47FN2O6/c1-34(10-5-11-34)19-37-32(40)29-22-15-21(14-20-6-7-20)24(16-22)30(29)38-31(39)25-17-28(26(36)18-27(25)42-3)44-23-8-12-35(2,13-9-23)33(41)43-4/h14,17-18,20,22-24,29-30H,5-13,15-16,19H2,1-4H3,(H,37,40)(H,38,39)/b21-14+/t22-,23?,24-,29+,30-,35?/m1/s1. The van der Waals surface area contributed by atoms with Crippen LogP contribution in [0.25, 0.3) is 0 Å². The van der Waals surface area contributed by atoms with Crippen LogP contribution in [0, 0.1) is 40.3 Å². The Morgan fingerprint density at radius 2 is 1.75 bits per heavy atom. The summed E-state index contributed by atoms with van der Waals surface area (Å²) in [7, 11) is 2.80. The van der Waals surface area contributed by atoms with E-state index in [1.165, 1.54) is 51.2 Å². The number of halogens is 1. The zero-order chi connectivity index (χ0) is 31.2. The molecule has 5 saturated carbocycles. The van der Waals surface area contributed by atoms with Crippen LogP contribution in [-0.4, -0.2) is 50.7 Å². The molecule has 0 spiro atoms. The Hall–Kier alpha value is -3.10. The predicted octanol–water partition coefficient (Wildman–Crippen LogP) is 5.73. The molecule has 5 aliphatic rings. The van der Waals surface area contributed by atoms with Crippen molar-refractivity contribution >= 4 is 17.8 Å². The molecule has 0 radical (unpaired) electrons. The molecule has 1 aromatic rings. The number of fused-ring (bicyclic) bond motifs is 2. The van der Waals surface area contributed by atoms with Crippen LogP contribution in [-0.2, 0) is 14.3 Å². The fourth-order valence-electron chi connectivity index (χ4n) is 8.09. The van der Waals surface area contributed by atoms with E-state index in [0.29, 0.717) is 38.1 Å². The van der Waals surface area contributed by atoms with E-state index < -0.39 is 17.1 Å². The van der Waals surface area contributed by atoms with Crippen molar-refractivity contribution in [1.82, 2.24) is 10.6 Å². The summed E-state index contributed by atoms with van der Waals surface area (Å²) in [6.07, 6.45) is 12.0. The molecule has 0 aromatic heterocycles. The molecule has 5 fully saturated rings. The molecule has 240 valence electrons. The van der Waals surface area contributed by atoms with Crippen molar-refractivity contribution in [2.75, 3.05) is 20.8 Å². The second-order valence-corrected chi connectivity index (χ2v) is 14.6. The van der Waals surface area contributed by atoms with Crippen molar-refractivity contribution in [3.8, 4) is 11.5 Å². The first-order valence-corrected chi connectivity index (χ1v) is 16.4. The number of amides is 2. The maximum Gasteiger partial charge on any atom is 0.311 e. The summed E-state index contributed by atoms with van der Waals surface area (Å²) >= 11 is 0. The lowest BCUT2D eigenvalue weighted by Gasteiger charge is -2.39. The fourth-order valence-corrected chi connectivity index (χ4v) is 8.09. The van der Waals surface area contributed by atoms with Crippen molar-refractivity contribution in [2.24, 2.45) is 34.5 Å². The van der Waals surface area contributed by atoms with Gasteiger partial charge in [0.2, 0.25) is 5.91 Å². The van der Waals surface area contributed by atoms with Crippen LogP contribution >= 0.6 is 0 Å². The van der Waals surface area contributed by atoms with Crippen LogP contribution in [0.5, 0.6) is 11.5 Å². The lowest BCUT2D eigenvalue weighted by Crippen LogP contribution is -2.52. The topological polar surface area (TPSA) is 103 Å². The molecule has 0 saturated heterocycles. The molecule has 4 atom stereocenters. The molecule has 6 rings (SSSR count). The lowest BCUT2D eigenvalue weighted by atomic mass is 9.70. The van der Waals surface area contributed by atoms with Gasteiger partial charge in [-0.3, -0.25) is 14.4 Å². The van der Waals surface area contributed by atoms with Gasteiger partial charge in [-0.1, -0.05) is 25.0 Å². The second kappa shape index (κ2) is 12.0. The van der Waals surface area contributed by atoms with Crippen molar-refractivity contribution in [3.63, 3.8) is 0 Å². The monoisotopic (exact) mass is 610 g/mol. The fraction of sp³-hybridized carbons (Fsp3) is 0.686. The number of allylic oxidation sites excluding steroid dienone is 1. The molecule has 9 heteroatoms. The smallest absolute Gasteiger partial charge is 0.311 e. The van der Waals surface area contributed by atoms with Gasteiger partial charge in [-0.2, -0.15) is 0 Å². The van der Waals surface area contributed by atoms with Gasteiger partial charge >= 0.3 is 5.97 Å². The third-order valence-electron chi connectivity index (χ3n) is 11.3. The molecule has 0 heterocycles. The number of ether oxygens (including phenoxy) is 3. The molecule has 1 aromatic carbocycles. The van der Waals surface area contributed by atoms with Crippen LogP contribution in [0.3, 0.4) is 0 Å². The average Bonchev–Trinajstić information content (AvgIpc) is 3.63. The number of benzene rings is 1. The van der Waals surface area contributed by atoms with Crippen LogP contribution in [0.2, 0.25) is 0 Å².